The number of ether oxygens (including phenoxy) is 3. The molecule has 1 N–H and O–H groups in total. The number of benzene rings is 1. The Labute approximate surface area is 128 Å². The molecule has 0 saturated carbocycles. The van der Waals surface area contributed by atoms with Gasteiger partial charge in [-0.05, 0) is 44.5 Å². The smallest absolute Gasteiger partial charge is 0.161 e. The molecule has 4 nitrogen and oxygen atoms in total. The Morgan fingerprint density at radius 2 is 1.90 bits per heavy atom. The molecule has 5 heteroatoms. The molecule has 3 atom stereocenters. The summed E-state index contributed by atoms with van der Waals surface area (Å²) in [5.41, 5.74) is 1.13. The van der Waals surface area contributed by atoms with Gasteiger partial charge in [0.1, 0.15) is 0 Å². The number of hydrogen-bond acceptors (Lipinski definition) is 4. The quantitative estimate of drug-likeness (QED) is 0.890. The molecule has 1 aliphatic heterocycles. The second-order valence-corrected chi connectivity index (χ2v) is 5.91. The van der Waals surface area contributed by atoms with Gasteiger partial charge >= 0.3 is 0 Å². The standard InChI is InChI=1S/C15H22BrNO3/c1-9-5-6-12(20-9)15(17-2)10-7-13(18-3)14(19-4)8-11(10)16/h7-9,12,15,17H,5-6H2,1-4H3. The molecule has 1 heterocycles. The summed E-state index contributed by atoms with van der Waals surface area (Å²) in [6.07, 6.45) is 2.68. The molecular weight excluding hydrogens is 322 g/mol. The number of likely N-dealkylation sites (N-methyl/N-ethyl adjacent to an activating group) is 1. The van der Waals surface area contributed by atoms with Gasteiger partial charge in [0, 0.05) is 4.47 Å². The number of rotatable bonds is 5. The van der Waals surface area contributed by atoms with Gasteiger partial charge in [-0.1, -0.05) is 15.9 Å². The van der Waals surface area contributed by atoms with Crippen molar-refractivity contribution in [3.63, 3.8) is 0 Å². The zero-order valence-corrected chi connectivity index (χ0v) is 14.0. The van der Waals surface area contributed by atoms with E-state index >= 15 is 0 Å². The summed E-state index contributed by atoms with van der Waals surface area (Å²) in [4.78, 5) is 0. The Bertz CT molecular complexity index is 467. The van der Waals surface area contributed by atoms with Gasteiger partial charge in [-0.15, -0.1) is 0 Å². The lowest BCUT2D eigenvalue weighted by Crippen LogP contribution is -2.30. The maximum Gasteiger partial charge on any atom is 0.161 e. The monoisotopic (exact) mass is 343 g/mol. The highest BCUT2D eigenvalue weighted by molar-refractivity contribution is 9.10. The maximum atomic E-state index is 6.00. The van der Waals surface area contributed by atoms with Gasteiger partial charge < -0.3 is 19.5 Å². The minimum Gasteiger partial charge on any atom is -0.493 e. The van der Waals surface area contributed by atoms with Crippen LogP contribution in [-0.2, 0) is 4.74 Å². The van der Waals surface area contributed by atoms with Crippen LogP contribution in [-0.4, -0.2) is 33.5 Å². The molecular formula is C15H22BrNO3. The van der Waals surface area contributed by atoms with Crippen molar-refractivity contribution in [2.24, 2.45) is 0 Å². The number of methoxy groups -OCH3 is 2. The van der Waals surface area contributed by atoms with E-state index in [0.717, 1.165) is 34.4 Å². The van der Waals surface area contributed by atoms with Crippen LogP contribution < -0.4 is 14.8 Å². The third-order valence-electron chi connectivity index (χ3n) is 3.79. The fourth-order valence-corrected chi connectivity index (χ4v) is 3.30. The molecule has 1 aromatic rings. The molecule has 0 bridgehead atoms. The van der Waals surface area contributed by atoms with Crippen molar-refractivity contribution < 1.29 is 14.2 Å². The SMILES string of the molecule is CNC(c1cc(OC)c(OC)cc1Br)C1CCC(C)O1. The van der Waals surface area contributed by atoms with E-state index in [1.54, 1.807) is 14.2 Å². The topological polar surface area (TPSA) is 39.7 Å². The van der Waals surface area contributed by atoms with Crippen LogP contribution in [0.1, 0.15) is 31.4 Å². The van der Waals surface area contributed by atoms with Crippen LogP contribution in [0.5, 0.6) is 11.5 Å². The van der Waals surface area contributed by atoms with Gasteiger partial charge in [-0.25, -0.2) is 0 Å². The Morgan fingerprint density at radius 1 is 1.25 bits per heavy atom. The highest BCUT2D eigenvalue weighted by atomic mass is 79.9. The summed E-state index contributed by atoms with van der Waals surface area (Å²) in [6.45, 7) is 2.12. The number of nitrogens with one attached hydrogen (secondary N) is 1. The summed E-state index contributed by atoms with van der Waals surface area (Å²) < 4.78 is 17.7. The molecule has 1 saturated heterocycles. The van der Waals surface area contributed by atoms with Crippen LogP contribution in [0.2, 0.25) is 0 Å². The predicted octanol–water partition coefficient (Wildman–Crippen LogP) is 3.29. The van der Waals surface area contributed by atoms with Crippen molar-refractivity contribution in [2.75, 3.05) is 21.3 Å². The normalized spacial score (nSPS) is 23.6. The van der Waals surface area contributed by atoms with Crippen molar-refractivity contribution in [3.8, 4) is 11.5 Å². The van der Waals surface area contributed by atoms with E-state index in [9.17, 15) is 0 Å². The Balaban J connectivity index is 2.34. The molecule has 1 fully saturated rings. The minimum atomic E-state index is 0.133. The fraction of sp³-hybridized carbons (Fsp3) is 0.600. The van der Waals surface area contributed by atoms with Crippen LogP contribution in [0.3, 0.4) is 0 Å². The zero-order chi connectivity index (χ0) is 14.7. The van der Waals surface area contributed by atoms with Gasteiger partial charge in [-0.2, -0.15) is 0 Å². The summed E-state index contributed by atoms with van der Waals surface area (Å²) in [7, 11) is 5.25. The Morgan fingerprint density at radius 3 is 2.40 bits per heavy atom. The van der Waals surface area contributed by atoms with E-state index in [2.05, 4.69) is 28.2 Å². The lowest BCUT2D eigenvalue weighted by Gasteiger charge is -2.25. The average molecular weight is 344 g/mol. The third-order valence-corrected chi connectivity index (χ3v) is 4.47. The van der Waals surface area contributed by atoms with E-state index in [1.807, 2.05) is 19.2 Å². The van der Waals surface area contributed by atoms with E-state index < -0.39 is 0 Å². The molecule has 112 valence electrons. The largest absolute Gasteiger partial charge is 0.493 e. The Hall–Kier alpha value is -0.780. The molecule has 1 aliphatic rings. The summed E-state index contributed by atoms with van der Waals surface area (Å²) >= 11 is 3.62. The molecule has 1 aromatic carbocycles. The van der Waals surface area contributed by atoms with Crippen LogP contribution in [0, 0.1) is 0 Å². The predicted molar refractivity (Wildman–Crippen MR) is 82.6 cm³/mol. The highest BCUT2D eigenvalue weighted by Crippen LogP contribution is 2.39. The maximum absolute atomic E-state index is 6.00. The summed E-state index contributed by atoms with van der Waals surface area (Å²) in [5.74, 6) is 1.45. The lowest BCUT2D eigenvalue weighted by atomic mass is 9.98. The van der Waals surface area contributed by atoms with Crippen molar-refractivity contribution >= 4 is 15.9 Å². The summed E-state index contributed by atoms with van der Waals surface area (Å²) in [6, 6.07) is 4.09. The number of halogens is 1. The van der Waals surface area contributed by atoms with Crippen LogP contribution in [0.4, 0.5) is 0 Å². The van der Waals surface area contributed by atoms with E-state index in [4.69, 9.17) is 14.2 Å². The Kier molecular flexibility index (Phi) is 5.29. The van der Waals surface area contributed by atoms with Gasteiger partial charge in [0.05, 0.1) is 32.5 Å². The van der Waals surface area contributed by atoms with Crippen LogP contribution >= 0.6 is 15.9 Å². The molecule has 20 heavy (non-hydrogen) atoms. The summed E-state index contributed by atoms with van der Waals surface area (Å²) in [5, 5.41) is 3.36. The molecule has 0 amide bonds. The van der Waals surface area contributed by atoms with Crippen molar-refractivity contribution in [1.29, 1.82) is 0 Å². The molecule has 0 aliphatic carbocycles. The molecule has 0 radical (unpaired) electrons. The van der Waals surface area contributed by atoms with E-state index in [1.165, 1.54) is 0 Å². The lowest BCUT2D eigenvalue weighted by molar-refractivity contribution is 0.0331. The number of hydrogen-bond donors (Lipinski definition) is 1. The fourth-order valence-electron chi connectivity index (χ4n) is 2.73. The first-order chi connectivity index (χ1) is 9.60. The first-order valence-corrected chi connectivity index (χ1v) is 7.64. The van der Waals surface area contributed by atoms with Crippen molar-refractivity contribution in [2.45, 2.75) is 38.0 Å². The van der Waals surface area contributed by atoms with Gasteiger partial charge in [0.25, 0.3) is 0 Å². The van der Waals surface area contributed by atoms with E-state index in [0.29, 0.717) is 6.10 Å². The second-order valence-electron chi connectivity index (χ2n) is 5.06. The first kappa shape index (κ1) is 15.6. The zero-order valence-electron chi connectivity index (χ0n) is 12.4. The first-order valence-electron chi connectivity index (χ1n) is 6.84. The minimum absolute atomic E-state index is 0.133. The van der Waals surface area contributed by atoms with Gasteiger partial charge in [0.15, 0.2) is 11.5 Å². The van der Waals surface area contributed by atoms with E-state index in [-0.39, 0.29) is 12.1 Å². The highest BCUT2D eigenvalue weighted by Gasteiger charge is 2.31. The molecule has 0 aromatic heterocycles. The van der Waals surface area contributed by atoms with Crippen LogP contribution in [0.25, 0.3) is 0 Å². The molecule has 2 rings (SSSR count). The van der Waals surface area contributed by atoms with Gasteiger partial charge in [-0.3, -0.25) is 0 Å². The third kappa shape index (κ3) is 3.10. The molecule has 3 unspecified atom stereocenters. The van der Waals surface area contributed by atoms with Gasteiger partial charge in [0.2, 0.25) is 0 Å². The van der Waals surface area contributed by atoms with Crippen LogP contribution in [0.15, 0.2) is 16.6 Å². The average Bonchev–Trinajstić information content (AvgIpc) is 2.87. The van der Waals surface area contributed by atoms with Crippen molar-refractivity contribution in [1.82, 2.24) is 5.32 Å². The molecule has 0 spiro atoms. The van der Waals surface area contributed by atoms with Crippen molar-refractivity contribution in [3.05, 3.63) is 22.2 Å². The second kappa shape index (κ2) is 6.78.